The molecule has 0 saturated carbocycles. The number of epoxide rings is 2. The molecule has 0 aliphatic carbocycles. The van der Waals surface area contributed by atoms with Crippen LogP contribution in [0.5, 0.6) is 0 Å². The van der Waals surface area contributed by atoms with Gasteiger partial charge in [0.15, 0.2) is 0 Å². The van der Waals surface area contributed by atoms with E-state index in [9.17, 15) is 4.79 Å². The zero-order chi connectivity index (χ0) is 15.0. The second kappa shape index (κ2) is 5.49. The van der Waals surface area contributed by atoms with Crippen molar-refractivity contribution in [2.24, 2.45) is 0 Å². The van der Waals surface area contributed by atoms with Crippen molar-refractivity contribution in [1.82, 2.24) is 0 Å². The first-order chi connectivity index (χ1) is 9.27. The van der Waals surface area contributed by atoms with E-state index in [0.29, 0.717) is 12.2 Å². The number of hydrogen-bond donors (Lipinski definition) is 0. The first-order valence-electron chi connectivity index (χ1n) is 7.37. The molecule has 0 radical (unpaired) electrons. The Morgan fingerprint density at radius 2 is 1.85 bits per heavy atom. The Balaban J connectivity index is 1.66. The predicted octanol–water partition coefficient (Wildman–Crippen LogP) is 3.00. The molecule has 0 aromatic rings. The van der Waals surface area contributed by atoms with Gasteiger partial charge < -0.3 is 14.2 Å². The van der Waals surface area contributed by atoms with Crippen LogP contribution in [0.3, 0.4) is 0 Å². The standard InChI is InChI=1S/C16H26O4/c1-11(10-14(17)18-5)6-7-13-16(4,20-13)9-8-12-15(2,3)19-12/h10,12-13H,6-9H2,1-5H3/b11-10+. The molecule has 3 atom stereocenters. The van der Waals surface area contributed by atoms with Crippen molar-refractivity contribution in [1.29, 1.82) is 0 Å². The number of hydrogen-bond acceptors (Lipinski definition) is 4. The Morgan fingerprint density at radius 3 is 2.40 bits per heavy atom. The summed E-state index contributed by atoms with van der Waals surface area (Å²) in [5.41, 5.74) is 1.12. The molecule has 4 heteroatoms. The lowest BCUT2D eigenvalue weighted by molar-refractivity contribution is -0.134. The first kappa shape index (κ1) is 15.5. The molecule has 4 nitrogen and oxygen atoms in total. The van der Waals surface area contributed by atoms with Gasteiger partial charge in [-0.3, -0.25) is 0 Å². The quantitative estimate of drug-likeness (QED) is 0.409. The zero-order valence-corrected chi connectivity index (χ0v) is 13.2. The highest BCUT2D eigenvalue weighted by molar-refractivity contribution is 5.82. The van der Waals surface area contributed by atoms with Crippen molar-refractivity contribution >= 4 is 5.97 Å². The Kier molecular flexibility index (Phi) is 4.26. The normalized spacial score (nSPS) is 34.8. The van der Waals surface area contributed by atoms with Gasteiger partial charge >= 0.3 is 5.97 Å². The molecule has 0 amide bonds. The summed E-state index contributed by atoms with van der Waals surface area (Å²) in [4.78, 5) is 11.1. The van der Waals surface area contributed by atoms with Crippen LogP contribution in [0.25, 0.3) is 0 Å². The van der Waals surface area contributed by atoms with Crippen LogP contribution in [0, 0.1) is 0 Å². The molecule has 0 aromatic carbocycles. The topological polar surface area (TPSA) is 51.4 Å². The van der Waals surface area contributed by atoms with E-state index in [2.05, 4.69) is 25.5 Å². The molecular weight excluding hydrogens is 256 g/mol. The van der Waals surface area contributed by atoms with Crippen LogP contribution < -0.4 is 0 Å². The smallest absolute Gasteiger partial charge is 0.330 e. The largest absolute Gasteiger partial charge is 0.466 e. The van der Waals surface area contributed by atoms with E-state index < -0.39 is 0 Å². The molecule has 0 aromatic heterocycles. The molecule has 2 fully saturated rings. The van der Waals surface area contributed by atoms with Gasteiger partial charge in [0.25, 0.3) is 0 Å². The van der Waals surface area contributed by atoms with Gasteiger partial charge in [-0.25, -0.2) is 4.79 Å². The fraction of sp³-hybridized carbons (Fsp3) is 0.812. The molecule has 2 rings (SSSR count). The summed E-state index contributed by atoms with van der Waals surface area (Å²) in [5, 5.41) is 0. The summed E-state index contributed by atoms with van der Waals surface area (Å²) in [6.07, 6.45) is 6.21. The third-order valence-corrected chi connectivity index (χ3v) is 4.47. The highest BCUT2D eigenvalue weighted by Crippen LogP contribution is 2.47. The SMILES string of the molecule is COC(=O)/C=C(\C)CCC1OC1(C)CCC1OC1(C)C. The minimum absolute atomic E-state index is 0.00752. The second-order valence-corrected chi connectivity index (χ2v) is 6.72. The molecule has 0 spiro atoms. The third-order valence-electron chi connectivity index (χ3n) is 4.47. The molecule has 20 heavy (non-hydrogen) atoms. The lowest BCUT2D eigenvalue weighted by atomic mass is 9.94. The number of methoxy groups -OCH3 is 1. The van der Waals surface area contributed by atoms with Gasteiger partial charge in [-0.2, -0.15) is 0 Å². The van der Waals surface area contributed by atoms with Crippen molar-refractivity contribution in [2.45, 2.75) is 76.8 Å². The third kappa shape index (κ3) is 3.83. The lowest BCUT2D eigenvalue weighted by Crippen LogP contribution is -2.13. The lowest BCUT2D eigenvalue weighted by Gasteiger charge is -2.05. The summed E-state index contributed by atoms with van der Waals surface area (Å²) in [6.45, 7) is 8.39. The van der Waals surface area contributed by atoms with Crippen LogP contribution in [0.15, 0.2) is 11.6 Å². The van der Waals surface area contributed by atoms with E-state index in [1.807, 2.05) is 6.92 Å². The molecule has 2 heterocycles. The summed E-state index contributed by atoms with van der Waals surface area (Å²) in [7, 11) is 1.40. The number of carbonyl (C=O) groups is 1. The molecule has 3 unspecified atom stereocenters. The van der Waals surface area contributed by atoms with Crippen LogP contribution in [-0.4, -0.2) is 36.5 Å². The number of esters is 1. The van der Waals surface area contributed by atoms with E-state index in [1.54, 1.807) is 6.08 Å². The van der Waals surface area contributed by atoms with E-state index in [4.69, 9.17) is 9.47 Å². The van der Waals surface area contributed by atoms with Gasteiger partial charge in [0, 0.05) is 6.08 Å². The molecule has 2 aliphatic heterocycles. The highest BCUT2D eigenvalue weighted by Gasteiger charge is 2.54. The number of rotatable bonds is 7. The van der Waals surface area contributed by atoms with Crippen molar-refractivity contribution in [2.75, 3.05) is 7.11 Å². The fourth-order valence-electron chi connectivity index (χ4n) is 2.72. The number of ether oxygens (including phenoxy) is 3. The molecule has 114 valence electrons. The fourth-order valence-corrected chi connectivity index (χ4v) is 2.72. The van der Waals surface area contributed by atoms with Crippen LogP contribution in [0.4, 0.5) is 0 Å². The van der Waals surface area contributed by atoms with Crippen LogP contribution in [0.2, 0.25) is 0 Å². The van der Waals surface area contributed by atoms with Gasteiger partial charge in [0.2, 0.25) is 0 Å². The first-order valence-corrected chi connectivity index (χ1v) is 7.37. The molecule has 2 saturated heterocycles. The summed E-state index contributed by atoms with van der Waals surface area (Å²) in [6, 6.07) is 0. The molecular formula is C16H26O4. The van der Waals surface area contributed by atoms with Crippen LogP contribution in [-0.2, 0) is 19.0 Å². The van der Waals surface area contributed by atoms with Gasteiger partial charge in [0.1, 0.15) is 0 Å². The minimum Gasteiger partial charge on any atom is -0.466 e. The number of carbonyl (C=O) groups excluding carboxylic acids is 1. The van der Waals surface area contributed by atoms with Crippen LogP contribution >= 0.6 is 0 Å². The summed E-state index contributed by atoms with van der Waals surface area (Å²) in [5.74, 6) is -0.282. The van der Waals surface area contributed by atoms with E-state index in [-0.39, 0.29) is 17.2 Å². The zero-order valence-electron chi connectivity index (χ0n) is 13.2. The maximum Gasteiger partial charge on any atom is 0.330 e. The van der Waals surface area contributed by atoms with E-state index in [1.165, 1.54) is 7.11 Å². The van der Waals surface area contributed by atoms with Crippen molar-refractivity contribution < 1.29 is 19.0 Å². The minimum atomic E-state index is -0.282. The molecule has 0 bridgehead atoms. The average molecular weight is 282 g/mol. The Hall–Kier alpha value is -0.870. The molecule has 2 aliphatic rings. The second-order valence-electron chi connectivity index (χ2n) is 6.72. The summed E-state index contributed by atoms with van der Waals surface area (Å²) < 4.78 is 16.0. The van der Waals surface area contributed by atoms with Gasteiger partial charge in [-0.15, -0.1) is 0 Å². The van der Waals surface area contributed by atoms with Gasteiger partial charge in [-0.05, 0) is 53.4 Å². The van der Waals surface area contributed by atoms with Crippen molar-refractivity contribution in [3.63, 3.8) is 0 Å². The maximum absolute atomic E-state index is 11.1. The van der Waals surface area contributed by atoms with Crippen LogP contribution in [0.1, 0.15) is 53.4 Å². The van der Waals surface area contributed by atoms with Crippen molar-refractivity contribution in [3.05, 3.63) is 11.6 Å². The van der Waals surface area contributed by atoms with E-state index >= 15 is 0 Å². The van der Waals surface area contributed by atoms with Gasteiger partial charge in [0.05, 0.1) is 30.5 Å². The number of allylic oxidation sites excluding steroid dienone is 1. The highest BCUT2D eigenvalue weighted by atomic mass is 16.6. The van der Waals surface area contributed by atoms with E-state index in [0.717, 1.165) is 31.3 Å². The molecule has 0 N–H and O–H groups in total. The monoisotopic (exact) mass is 282 g/mol. The van der Waals surface area contributed by atoms with Gasteiger partial charge in [-0.1, -0.05) is 5.57 Å². The Labute approximate surface area is 121 Å². The van der Waals surface area contributed by atoms with Crippen molar-refractivity contribution in [3.8, 4) is 0 Å². The predicted molar refractivity (Wildman–Crippen MR) is 76.5 cm³/mol. The Morgan fingerprint density at radius 1 is 1.20 bits per heavy atom. The summed E-state index contributed by atoms with van der Waals surface area (Å²) >= 11 is 0. The maximum atomic E-state index is 11.1. The average Bonchev–Trinajstić information content (AvgIpc) is 3.21. The Bertz CT molecular complexity index is 413.